The quantitative estimate of drug-likeness (QED) is 0.834. The molecule has 0 atom stereocenters. The lowest BCUT2D eigenvalue weighted by molar-refractivity contribution is -0.123. The van der Waals surface area contributed by atoms with E-state index in [4.69, 9.17) is 4.74 Å². The Bertz CT molecular complexity index is 531. The van der Waals surface area contributed by atoms with Gasteiger partial charge in [0.1, 0.15) is 5.82 Å². The van der Waals surface area contributed by atoms with Crippen molar-refractivity contribution in [3.8, 4) is 0 Å². The van der Waals surface area contributed by atoms with Crippen molar-refractivity contribution >= 4 is 18.3 Å². The monoisotopic (exact) mass is 342 g/mol. The van der Waals surface area contributed by atoms with E-state index in [2.05, 4.69) is 10.6 Å². The van der Waals surface area contributed by atoms with Crippen molar-refractivity contribution in [2.45, 2.75) is 31.2 Å². The first-order valence-electron chi connectivity index (χ1n) is 8.03. The highest BCUT2D eigenvalue weighted by Gasteiger charge is 2.36. The summed E-state index contributed by atoms with van der Waals surface area (Å²) >= 11 is 0. The molecule has 2 N–H and O–H groups in total. The zero-order valence-corrected chi connectivity index (χ0v) is 14.0. The molecule has 1 saturated heterocycles. The molecule has 1 aliphatic heterocycles. The zero-order chi connectivity index (χ0) is 15.4. The van der Waals surface area contributed by atoms with Crippen LogP contribution in [0.2, 0.25) is 0 Å². The molecule has 2 aliphatic rings. The molecular weight excluding hydrogens is 319 g/mol. The van der Waals surface area contributed by atoms with Crippen molar-refractivity contribution in [3.05, 3.63) is 35.6 Å². The fourth-order valence-electron chi connectivity index (χ4n) is 3.01. The van der Waals surface area contributed by atoms with Crippen LogP contribution in [0.4, 0.5) is 4.39 Å². The van der Waals surface area contributed by atoms with Crippen molar-refractivity contribution in [3.63, 3.8) is 0 Å². The number of hydrogen-bond donors (Lipinski definition) is 2. The molecule has 0 unspecified atom stereocenters. The first-order chi connectivity index (χ1) is 10.7. The van der Waals surface area contributed by atoms with Crippen molar-refractivity contribution in [1.29, 1.82) is 0 Å². The molecule has 0 bridgehead atoms. The number of ether oxygens (including phenoxy) is 1. The van der Waals surface area contributed by atoms with Gasteiger partial charge in [0, 0.05) is 13.2 Å². The van der Waals surface area contributed by atoms with Crippen LogP contribution in [0, 0.1) is 11.7 Å². The second-order valence-electron chi connectivity index (χ2n) is 6.33. The third-order valence-electron chi connectivity index (χ3n) is 4.52. The van der Waals surface area contributed by atoms with Crippen LogP contribution >= 0.6 is 12.4 Å². The van der Waals surface area contributed by atoms with E-state index in [0.717, 1.165) is 18.0 Å². The van der Waals surface area contributed by atoms with E-state index in [-0.39, 0.29) is 24.1 Å². The van der Waals surface area contributed by atoms with Crippen molar-refractivity contribution in [2.24, 2.45) is 5.92 Å². The standard InChI is InChI=1S/C17H23FN2O2.ClH/c18-15-3-1-2-14(10-15)17(6-8-22-9-7-17)20-16(21)12-19-11-13-4-5-13;/h1-3,10,13,19H,4-9,11-12H2,(H,20,21);1H. The molecule has 23 heavy (non-hydrogen) atoms. The summed E-state index contributed by atoms with van der Waals surface area (Å²) in [4.78, 5) is 12.3. The van der Waals surface area contributed by atoms with Gasteiger partial charge in [0.2, 0.25) is 5.91 Å². The first kappa shape index (κ1) is 18.2. The van der Waals surface area contributed by atoms with Crippen LogP contribution in [0.1, 0.15) is 31.2 Å². The lowest BCUT2D eigenvalue weighted by Crippen LogP contribution is -2.51. The Balaban J connectivity index is 0.00000192. The van der Waals surface area contributed by atoms with Crippen LogP contribution in [0.3, 0.4) is 0 Å². The van der Waals surface area contributed by atoms with Gasteiger partial charge in [-0.15, -0.1) is 12.4 Å². The fraction of sp³-hybridized carbons (Fsp3) is 0.588. The van der Waals surface area contributed by atoms with Gasteiger partial charge in [0.05, 0.1) is 12.1 Å². The van der Waals surface area contributed by atoms with Crippen LogP contribution in [0.25, 0.3) is 0 Å². The van der Waals surface area contributed by atoms with Gasteiger partial charge in [-0.05, 0) is 55.8 Å². The summed E-state index contributed by atoms with van der Waals surface area (Å²) in [6.07, 6.45) is 3.87. The third kappa shape index (κ3) is 4.90. The van der Waals surface area contributed by atoms with Crippen molar-refractivity contribution in [1.82, 2.24) is 10.6 Å². The van der Waals surface area contributed by atoms with Crippen LogP contribution < -0.4 is 10.6 Å². The Morgan fingerprint density at radius 2 is 2.04 bits per heavy atom. The van der Waals surface area contributed by atoms with Crippen molar-refractivity contribution < 1.29 is 13.9 Å². The maximum absolute atomic E-state index is 13.6. The SMILES string of the molecule is Cl.O=C(CNCC1CC1)NC1(c2cccc(F)c2)CCOCC1. The molecule has 4 nitrogen and oxygen atoms in total. The third-order valence-corrected chi connectivity index (χ3v) is 4.52. The molecule has 1 amide bonds. The molecule has 6 heteroatoms. The second-order valence-corrected chi connectivity index (χ2v) is 6.33. The lowest BCUT2D eigenvalue weighted by Gasteiger charge is -2.38. The van der Waals surface area contributed by atoms with E-state index in [1.165, 1.54) is 25.0 Å². The van der Waals surface area contributed by atoms with Crippen LogP contribution in [-0.2, 0) is 15.1 Å². The lowest BCUT2D eigenvalue weighted by atomic mass is 9.82. The second kappa shape index (κ2) is 8.08. The summed E-state index contributed by atoms with van der Waals surface area (Å²) in [7, 11) is 0. The van der Waals surface area contributed by atoms with E-state index in [1.807, 2.05) is 6.07 Å². The molecular formula is C17H24ClFN2O2. The Morgan fingerprint density at radius 1 is 1.30 bits per heavy atom. The molecule has 2 fully saturated rings. The van der Waals surface area contributed by atoms with Gasteiger partial charge in [0.25, 0.3) is 0 Å². The highest BCUT2D eigenvalue weighted by atomic mass is 35.5. The van der Waals surface area contributed by atoms with Gasteiger partial charge in [-0.25, -0.2) is 4.39 Å². The molecule has 1 aliphatic carbocycles. The number of amides is 1. The Hall–Kier alpha value is -1.17. The van der Waals surface area contributed by atoms with Gasteiger partial charge in [-0.2, -0.15) is 0 Å². The summed E-state index contributed by atoms with van der Waals surface area (Å²) in [5.74, 6) is 0.435. The molecule has 1 heterocycles. The predicted molar refractivity (Wildman–Crippen MR) is 89.1 cm³/mol. The Kier molecular flexibility index (Phi) is 6.39. The van der Waals surface area contributed by atoms with E-state index >= 15 is 0 Å². The minimum atomic E-state index is -0.515. The maximum Gasteiger partial charge on any atom is 0.234 e. The van der Waals surface area contributed by atoms with Gasteiger partial charge >= 0.3 is 0 Å². The first-order valence-corrected chi connectivity index (χ1v) is 8.03. The van der Waals surface area contributed by atoms with Gasteiger partial charge in [-0.1, -0.05) is 12.1 Å². The summed E-state index contributed by atoms with van der Waals surface area (Å²) < 4.78 is 19.0. The number of halogens is 2. The molecule has 1 aromatic carbocycles. The zero-order valence-electron chi connectivity index (χ0n) is 13.1. The summed E-state index contributed by atoms with van der Waals surface area (Å²) in [5, 5.41) is 6.32. The number of carbonyl (C=O) groups excluding carboxylic acids is 1. The minimum Gasteiger partial charge on any atom is -0.381 e. The van der Waals surface area contributed by atoms with Crippen LogP contribution in [-0.4, -0.2) is 32.2 Å². The molecule has 1 saturated carbocycles. The topological polar surface area (TPSA) is 50.4 Å². The average Bonchev–Trinajstić information content (AvgIpc) is 3.32. The summed E-state index contributed by atoms with van der Waals surface area (Å²) in [5.41, 5.74) is 0.310. The number of benzene rings is 1. The molecule has 0 aromatic heterocycles. The van der Waals surface area contributed by atoms with E-state index in [1.54, 1.807) is 6.07 Å². The van der Waals surface area contributed by atoms with E-state index < -0.39 is 5.54 Å². The summed E-state index contributed by atoms with van der Waals surface area (Å²) in [6.45, 7) is 2.37. The molecule has 3 rings (SSSR count). The highest BCUT2D eigenvalue weighted by Crippen LogP contribution is 2.32. The van der Waals surface area contributed by atoms with Crippen LogP contribution in [0.15, 0.2) is 24.3 Å². The molecule has 0 radical (unpaired) electrons. The normalized spacial score (nSPS) is 19.7. The fourth-order valence-corrected chi connectivity index (χ4v) is 3.01. The number of hydrogen-bond acceptors (Lipinski definition) is 3. The van der Waals surface area contributed by atoms with Gasteiger partial charge in [-0.3, -0.25) is 4.79 Å². The number of nitrogens with one attached hydrogen (secondary N) is 2. The summed E-state index contributed by atoms with van der Waals surface area (Å²) in [6, 6.07) is 6.52. The van der Waals surface area contributed by atoms with Gasteiger partial charge in [0.15, 0.2) is 0 Å². The molecule has 1 aromatic rings. The Labute approximate surface area is 142 Å². The number of rotatable bonds is 6. The smallest absolute Gasteiger partial charge is 0.234 e. The number of carbonyl (C=O) groups is 1. The highest BCUT2D eigenvalue weighted by molar-refractivity contribution is 5.85. The van der Waals surface area contributed by atoms with E-state index in [9.17, 15) is 9.18 Å². The van der Waals surface area contributed by atoms with Crippen LogP contribution in [0.5, 0.6) is 0 Å². The Morgan fingerprint density at radius 3 is 2.70 bits per heavy atom. The van der Waals surface area contributed by atoms with E-state index in [0.29, 0.717) is 32.6 Å². The largest absolute Gasteiger partial charge is 0.381 e. The molecule has 128 valence electrons. The van der Waals surface area contributed by atoms with Crippen molar-refractivity contribution in [2.75, 3.05) is 26.3 Å². The van der Waals surface area contributed by atoms with Gasteiger partial charge < -0.3 is 15.4 Å². The molecule has 0 spiro atoms. The maximum atomic E-state index is 13.6. The predicted octanol–water partition coefficient (Wildman–Crippen LogP) is 2.37. The minimum absolute atomic E-state index is 0. The average molecular weight is 343 g/mol.